The van der Waals surface area contributed by atoms with Crippen LogP contribution in [0.25, 0.3) is 0 Å². The predicted octanol–water partition coefficient (Wildman–Crippen LogP) is 15.0. The number of phosphoric acid groups is 1. The van der Waals surface area contributed by atoms with Gasteiger partial charge in [-0.1, -0.05) is 182 Å². The molecule has 0 fully saturated rings. The van der Waals surface area contributed by atoms with Gasteiger partial charge in [0.25, 0.3) is 7.82 Å². The number of allylic oxidation sites excluding steroid dienone is 14. The van der Waals surface area contributed by atoms with Gasteiger partial charge in [0.2, 0.25) is 0 Å². The Morgan fingerprint density at radius 3 is 1.38 bits per heavy atom. The summed E-state index contributed by atoms with van der Waals surface area (Å²) in [5, 5.41) is 0. The number of hydrogen-bond acceptors (Lipinski definition) is 7. The van der Waals surface area contributed by atoms with Gasteiger partial charge in [0.15, 0.2) is 0 Å². The molecule has 0 N–H and O–H groups in total. The molecule has 0 amide bonds. The standard InChI is InChI=1S/C54H96NO7P/c1-6-8-10-12-14-16-18-20-22-24-26-27-28-30-32-34-36-38-40-42-44-46-49-59-51-53(52-61-63(57,58)60-50-48-55(3,4)5)62-54(56)47-45-43-41-39-37-35-33-31-29-25-23-21-19-17-15-13-11-9-7-2/h8,10,14-17,20-23,26-27,30,32,53H,6-7,9,11-13,18-19,24-25,28-29,31,33-52H2,1-5H3/b10-8-,16-14-,17-15-,22-20-,23-21-,27-26-,32-30-. The second-order valence-electron chi connectivity index (χ2n) is 17.8. The molecule has 0 spiro atoms. The maximum absolute atomic E-state index is 12.7. The maximum atomic E-state index is 12.7. The van der Waals surface area contributed by atoms with Crippen LogP contribution in [0.15, 0.2) is 85.1 Å². The van der Waals surface area contributed by atoms with Crippen molar-refractivity contribution in [2.45, 2.75) is 200 Å². The smallest absolute Gasteiger partial charge is 0.306 e. The van der Waals surface area contributed by atoms with E-state index in [0.717, 1.165) is 83.5 Å². The average molecular weight is 902 g/mol. The summed E-state index contributed by atoms with van der Waals surface area (Å²) in [6, 6.07) is 0. The third-order valence-corrected chi connectivity index (χ3v) is 11.4. The number of unbranched alkanes of at least 4 members (excludes halogenated alkanes) is 18. The second-order valence-corrected chi connectivity index (χ2v) is 19.2. The van der Waals surface area contributed by atoms with Gasteiger partial charge < -0.3 is 27.9 Å². The molecule has 0 aromatic carbocycles. The van der Waals surface area contributed by atoms with Crippen LogP contribution in [-0.2, 0) is 27.9 Å². The van der Waals surface area contributed by atoms with Crippen LogP contribution in [0.5, 0.6) is 0 Å². The number of ether oxygens (including phenoxy) is 2. The molecule has 0 aliphatic rings. The van der Waals surface area contributed by atoms with E-state index in [1.165, 1.54) is 89.9 Å². The molecule has 0 aliphatic carbocycles. The van der Waals surface area contributed by atoms with E-state index >= 15 is 0 Å². The normalized spacial score (nSPS) is 14.3. The van der Waals surface area contributed by atoms with Crippen molar-refractivity contribution < 1.29 is 37.3 Å². The van der Waals surface area contributed by atoms with E-state index < -0.39 is 13.9 Å². The fourth-order valence-electron chi connectivity index (χ4n) is 6.54. The zero-order chi connectivity index (χ0) is 46.2. The minimum Gasteiger partial charge on any atom is -0.756 e. The zero-order valence-electron chi connectivity index (χ0n) is 41.2. The first kappa shape index (κ1) is 60.7. The van der Waals surface area contributed by atoms with Gasteiger partial charge in [-0.15, -0.1) is 0 Å². The minimum atomic E-state index is -4.54. The minimum absolute atomic E-state index is 0.0176. The lowest BCUT2D eigenvalue weighted by Crippen LogP contribution is -2.37. The highest BCUT2D eigenvalue weighted by Gasteiger charge is 2.20. The first-order chi connectivity index (χ1) is 30.6. The van der Waals surface area contributed by atoms with Gasteiger partial charge in [-0.05, 0) is 89.9 Å². The second kappa shape index (κ2) is 46.2. The van der Waals surface area contributed by atoms with Crippen molar-refractivity contribution in [1.82, 2.24) is 0 Å². The van der Waals surface area contributed by atoms with Gasteiger partial charge in [0.05, 0.1) is 34.4 Å². The maximum Gasteiger partial charge on any atom is 0.306 e. The molecule has 9 heteroatoms. The van der Waals surface area contributed by atoms with Crippen LogP contribution in [0, 0.1) is 0 Å². The SMILES string of the molecule is CC/C=C\C/C=C\C/C=C\C/C=C\C/C=C\CCCCCCCCOCC(COP(=O)([O-])OCC[N+](C)(C)C)OC(=O)CCCCCCCCCCC/C=C\C/C=C\CCCCC. The number of nitrogens with zero attached hydrogens (tertiary/aromatic N) is 1. The highest BCUT2D eigenvalue weighted by molar-refractivity contribution is 7.45. The van der Waals surface area contributed by atoms with Crippen LogP contribution in [0.3, 0.4) is 0 Å². The van der Waals surface area contributed by atoms with Crippen molar-refractivity contribution in [3.63, 3.8) is 0 Å². The monoisotopic (exact) mass is 902 g/mol. The Balaban J connectivity index is 4.22. The van der Waals surface area contributed by atoms with E-state index in [1.807, 2.05) is 21.1 Å². The molecule has 63 heavy (non-hydrogen) atoms. The van der Waals surface area contributed by atoms with Crippen molar-refractivity contribution in [1.29, 1.82) is 0 Å². The lowest BCUT2D eigenvalue weighted by atomic mass is 10.1. The number of esters is 1. The van der Waals surface area contributed by atoms with Gasteiger partial charge in [-0.2, -0.15) is 0 Å². The number of quaternary nitrogens is 1. The van der Waals surface area contributed by atoms with Crippen molar-refractivity contribution in [2.75, 3.05) is 54.1 Å². The Morgan fingerprint density at radius 1 is 0.508 bits per heavy atom. The third-order valence-electron chi connectivity index (χ3n) is 10.4. The Morgan fingerprint density at radius 2 is 0.921 bits per heavy atom. The number of carbonyl (C=O) groups is 1. The molecule has 0 saturated heterocycles. The van der Waals surface area contributed by atoms with E-state index in [2.05, 4.69) is 98.9 Å². The summed E-state index contributed by atoms with van der Waals surface area (Å²) in [5.41, 5.74) is 0. The molecule has 0 bridgehead atoms. The summed E-state index contributed by atoms with van der Waals surface area (Å²) in [6.45, 7) is 5.23. The first-order valence-electron chi connectivity index (χ1n) is 25.3. The molecular formula is C54H96NO7P. The largest absolute Gasteiger partial charge is 0.756 e. The lowest BCUT2D eigenvalue weighted by Gasteiger charge is -2.28. The Bertz CT molecular complexity index is 1280. The molecule has 0 rings (SSSR count). The van der Waals surface area contributed by atoms with Crippen molar-refractivity contribution in [2.24, 2.45) is 0 Å². The molecule has 0 heterocycles. The summed E-state index contributed by atoms with van der Waals surface area (Å²) >= 11 is 0. The Hall–Kier alpha value is -2.32. The highest BCUT2D eigenvalue weighted by atomic mass is 31.2. The van der Waals surface area contributed by atoms with Crippen molar-refractivity contribution in [3.05, 3.63) is 85.1 Å². The van der Waals surface area contributed by atoms with E-state index in [9.17, 15) is 14.3 Å². The molecule has 8 nitrogen and oxygen atoms in total. The molecule has 364 valence electrons. The number of likely N-dealkylation sites (N-methyl/N-ethyl adjacent to an activating group) is 1. The van der Waals surface area contributed by atoms with Gasteiger partial charge in [0.1, 0.15) is 19.3 Å². The Kier molecular flexibility index (Phi) is 44.5. The molecule has 0 aromatic heterocycles. The van der Waals surface area contributed by atoms with E-state index in [-0.39, 0.29) is 25.8 Å². The van der Waals surface area contributed by atoms with Crippen LogP contribution in [0.4, 0.5) is 0 Å². The first-order valence-corrected chi connectivity index (χ1v) is 26.8. The molecule has 0 saturated carbocycles. The summed E-state index contributed by atoms with van der Waals surface area (Å²) < 4.78 is 34.7. The molecule has 0 aliphatic heterocycles. The van der Waals surface area contributed by atoms with Gasteiger partial charge in [0, 0.05) is 13.0 Å². The number of phosphoric ester groups is 1. The van der Waals surface area contributed by atoms with Gasteiger partial charge >= 0.3 is 5.97 Å². The molecule has 0 aromatic rings. The quantitative estimate of drug-likeness (QED) is 0.0197. The van der Waals surface area contributed by atoms with Crippen LogP contribution >= 0.6 is 7.82 Å². The zero-order valence-corrected chi connectivity index (χ0v) is 42.1. The predicted molar refractivity (Wildman–Crippen MR) is 268 cm³/mol. The van der Waals surface area contributed by atoms with E-state index in [1.54, 1.807) is 0 Å². The topological polar surface area (TPSA) is 94.1 Å². The molecule has 2 unspecified atom stereocenters. The van der Waals surface area contributed by atoms with Gasteiger partial charge in [-0.25, -0.2) is 0 Å². The number of carbonyl (C=O) groups excluding carboxylic acids is 1. The molecule has 2 atom stereocenters. The van der Waals surface area contributed by atoms with Crippen LogP contribution in [0.1, 0.15) is 194 Å². The summed E-state index contributed by atoms with van der Waals surface area (Å²) in [4.78, 5) is 25.2. The van der Waals surface area contributed by atoms with Crippen LogP contribution in [0.2, 0.25) is 0 Å². The van der Waals surface area contributed by atoms with E-state index in [0.29, 0.717) is 24.1 Å². The fraction of sp³-hybridized carbons (Fsp3) is 0.722. The van der Waals surface area contributed by atoms with E-state index in [4.69, 9.17) is 18.5 Å². The number of rotatable bonds is 46. The average Bonchev–Trinajstić information content (AvgIpc) is 3.24. The molecule has 0 radical (unpaired) electrons. The number of hydrogen-bond donors (Lipinski definition) is 0. The van der Waals surface area contributed by atoms with Crippen LogP contribution in [-0.4, -0.2) is 70.7 Å². The summed E-state index contributed by atoms with van der Waals surface area (Å²) in [5.74, 6) is -0.347. The van der Waals surface area contributed by atoms with Gasteiger partial charge in [-0.3, -0.25) is 9.36 Å². The van der Waals surface area contributed by atoms with Crippen molar-refractivity contribution >= 4 is 13.8 Å². The Labute approximate surface area is 388 Å². The summed E-state index contributed by atoms with van der Waals surface area (Å²) in [6.07, 6.45) is 61.7. The third kappa shape index (κ3) is 50.5. The highest BCUT2D eigenvalue weighted by Crippen LogP contribution is 2.38. The fourth-order valence-corrected chi connectivity index (χ4v) is 7.27. The van der Waals surface area contributed by atoms with Crippen LogP contribution < -0.4 is 4.89 Å². The lowest BCUT2D eigenvalue weighted by molar-refractivity contribution is -0.870. The summed E-state index contributed by atoms with van der Waals surface area (Å²) in [7, 11) is 1.33. The van der Waals surface area contributed by atoms with Crippen molar-refractivity contribution in [3.8, 4) is 0 Å². The molecular weight excluding hydrogens is 806 g/mol.